The number of halogens is 3. The van der Waals surface area contributed by atoms with Gasteiger partial charge in [0.15, 0.2) is 5.69 Å². The molecule has 1 aliphatic rings. The van der Waals surface area contributed by atoms with Gasteiger partial charge >= 0.3 is 12.1 Å². The summed E-state index contributed by atoms with van der Waals surface area (Å²) in [5.74, 6) is -1.28. The maximum Gasteiger partial charge on any atom is 0.434 e. The summed E-state index contributed by atoms with van der Waals surface area (Å²) in [5.41, 5.74) is 0.329. The molecular formula is C19H17F3N2O3. The fourth-order valence-electron chi connectivity index (χ4n) is 3.36. The molecule has 1 heterocycles. The first-order chi connectivity index (χ1) is 12.7. The van der Waals surface area contributed by atoms with Gasteiger partial charge < -0.3 is 9.64 Å². The topological polar surface area (TPSA) is 59.5 Å². The number of methoxy groups -OCH3 is 1. The summed E-state index contributed by atoms with van der Waals surface area (Å²) in [6, 6.07) is 7.04. The summed E-state index contributed by atoms with van der Waals surface area (Å²) in [5, 5.41) is 0. The smallest absolute Gasteiger partial charge is 0.434 e. The molecule has 0 bridgehead atoms. The van der Waals surface area contributed by atoms with Crippen molar-refractivity contribution in [2.24, 2.45) is 0 Å². The number of aromatic nitrogens is 1. The van der Waals surface area contributed by atoms with Crippen LogP contribution in [0.5, 0.6) is 0 Å². The van der Waals surface area contributed by atoms with Gasteiger partial charge in [-0.1, -0.05) is 6.07 Å². The van der Waals surface area contributed by atoms with E-state index in [2.05, 4.69) is 4.98 Å². The van der Waals surface area contributed by atoms with Crippen LogP contribution in [0.3, 0.4) is 0 Å². The van der Waals surface area contributed by atoms with Crippen molar-refractivity contribution in [1.29, 1.82) is 0 Å². The molecule has 1 amide bonds. The number of carbonyl (C=O) groups is 2. The molecule has 3 rings (SSSR count). The van der Waals surface area contributed by atoms with Crippen molar-refractivity contribution in [1.82, 2.24) is 9.88 Å². The Morgan fingerprint density at radius 1 is 1.26 bits per heavy atom. The average molecular weight is 378 g/mol. The van der Waals surface area contributed by atoms with Gasteiger partial charge in [0.25, 0.3) is 5.91 Å². The van der Waals surface area contributed by atoms with Crippen molar-refractivity contribution < 1.29 is 27.5 Å². The van der Waals surface area contributed by atoms with Crippen molar-refractivity contribution in [3.05, 3.63) is 64.5 Å². The van der Waals surface area contributed by atoms with Crippen LogP contribution in [0.4, 0.5) is 13.2 Å². The number of amides is 1. The maximum absolute atomic E-state index is 13.2. The van der Waals surface area contributed by atoms with E-state index in [9.17, 15) is 22.8 Å². The van der Waals surface area contributed by atoms with E-state index in [-0.39, 0.29) is 0 Å². The van der Waals surface area contributed by atoms with E-state index in [1.165, 1.54) is 25.1 Å². The van der Waals surface area contributed by atoms with Crippen LogP contribution in [0, 0.1) is 0 Å². The van der Waals surface area contributed by atoms with Gasteiger partial charge in [0, 0.05) is 13.2 Å². The summed E-state index contributed by atoms with van der Waals surface area (Å²) in [6.07, 6.45) is -2.49. The van der Waals surface area contributed by atoms with Gasteiger partial charge in [-0.25, -0.2) is 4.79 Å². The van der Waals surface area contributed by atoms with E-state index in [1.807, 2.05) is 0 Å². The van der Waals surface area contributed by atoms with E-state index in [0.29, 0.717) is 18.4 Å². The number of fused-ring (bicyclic) bond motifs is 1. The number of carbonyl (C=O) groups excluding carboxylic acids is 2. The molecule has 0 fully saturated rings. The Labute approximate surface area is 153 Å². The molecule has 0 saturated heterocycles. The molecule has 8 heteroatoms. The molecule has 0 saturated carbocycles. The lowest BCUT2D eigenvalue weighted by molar-refractivity contribution is -0.141. The number of alkyl halides is 3. The van der Waals surface area contributed by atoms with E-state index in [4.69, 9.17) is 4.74 Å². The molecular weight excluding hydrogens is 361 g/mol. The minimum atomic E-state index is -4.72. The number of aryl methyl sites for hydroxylation is 1. The molecule has 1 aliphatic carbocycles. The highest BCUT2D eigenvalue weighted by Gasteiger charge is 2.39. The summed E-state index contributed by atoms with van der Waals surface area (Å²) < 4.78 is 44.3. The summed E-state index contributed by atoms with van der Waals surface area (Å²) >= 11 is 0. The second-order valence-electron chi connectivity index (χ2n) is 6.27. The number of hydrogen-bond donors (Lipinski definition) is 0. The third-order valence-corrected chi connectivity index (χ3v) is 4.71. The first-order valence-electron chi connectivity index (χ1n) is 8.24. The fraction of sp³-hybridized carbons (Fsp3) is 0.316. The van der Waals surface area contributed by atoms with Gasteiger partial charge in [-0.2, -0.15) is 13.2 Å². The monoisotopic (exact) mass is 378 g/mol. The lowest BCUT2D eigenvalue weighted by Gasteiger charge is -2.26. The molecule has 142 valence electrons. The Morgan fingerprint density at radius 2 is 2.00 bits per heavy atom. The Morgan fingerprint density at radius 3 is 2.67 bits per heavy atom. The molecule has 0 aliphatic heterocycles. The van der Waals surface area contributed by atoms with E-state index in [0.717, 1.165) is 23.4 Å². The summed E-state index contributed by atoms with van der Waals surface area (Å²) in [6.45, 7) is 0. The molecule has 5 nitrogen and oxygen atoms in total. The van der Waals surface area contributed by atoms with Crippen molar-refractivity contribution in [3.63, 3.8) is 0 Å². The normalized spacial score (nSPS) is 16.0. The number of benzene rings is 1. The summed E-state index contributed by atoms with van der Waals surface area (Å²) in [7, 11) is 2.73. The molecule has 1 atom stereocenters. The van der Waals surface area contributed by atoms with Crippen LogP contribution in [0.15, 0.2) is 36.5 Å². The van der Waals surface area contributed by atoms with Gasteiger partial charge in [-0.3, -0.25) is 9.78 Å². The minimum absolute atomic E-state index is 0.335. The van der Waals surface area contributed by atoms with Gasteiger partial charge in [0.2, 0.25) is 0 Å². The van der Waals surface area contributed by atoms with Gasteiger partial charge in [-0.05, 0) is 48.2 Å². The lowest BCUT2D eigenvalue weighted by atomic mass is 10.0. The SMILES string of the molecule is COC(=O)c1ccc2c(c1)C(N(C)C(=O)c1cccnc1C(F)(F)F)CC2. The molecule has 0 radical (unpaired) electrons. The Kier molecular flexibility index (Phi) is 4.91. The van der Waals surface area contributed by atoms with Crippen LogP contribution in [-0.4, -0.2) is 35.9 Å². The predicted octanol–water partition coefficient (Wildman–Crippen LogP) is 3.65. The Bertz CT molecular complexity index is 896. The number of nitrogens with zero attached hydrogens (tertiary/aromatic N) is 2. The quantitative estimate of drug-likeness (QED) is 0.765. The first kappa shape index (κ1) is 18.9. The van der Waals surface area contributed by atoms with E-state index >= 15 is 0 Å². The minimum Gasteiger partial charge on any atom is -0.465 e. The van der Waals surface area contributed by atoms with Gasteiger partial charge in [0.1, 0.15) is 0 Å². The highest BCUT2D eigenvalue weighted by Crippen LogP contribution is 2.37. The molecule has 1 aromatic heterocycles. The lowest BCUT2D eigenvalue weighted by Crippen LogP contribution is -2.32. The van der Waals surface area contributed by atoms with Crippen molar-refractivity contribution in [3.8, 4) is 0 Å². The van der Waals surface area contributed by atoms with Crippen LogP contribution in [0.25, 0.3) is 0 Å². The number of esters is 1. The van der Waals surface area contributed by atoms with Crippen molar-refractivity contribution in [2.45, 2.75) is 25.1 Å². The fourth-order valence-corrected chi connectivity index (χ4v) is 3.36. The van der Waals surface area contributed by atoms with Crippen molar-refractivity contribution >= 4 is 11.9 Å². The van der Waals surface area contributed by atoms with Crippen LogP contribution in [-0.2, 0) is 17.3 Å². The number of rotatable bonds is 3. The predicted molar refractivity (Wildman–Crippen MR) is 90.2 cm³/mol. The standard InChI is InChI=1S/C19H17F3N2O3/c1-24(17(25)13-4-3-9-23-16(13)19(20,21)22)15-8-7-11-5-6-12(10-14(11)15)18(26)27-2/h3-6,9-10,15H,7-8H2,1-2H3. The molecule has 1 aromatic carbocycles. The van der Waals surface area contributed by atoms with Crippen LogP contribution < -0.4 is 0 Å². The Balaban J connectivity index is 1.94. The second-order valence-corrected chi connectivity index (χ2v) is 6.27. The highest BCUT2D eigenvalue weighted by molar-refractivity contribution is 5.95. The Hall–Kier alpha value is -2.90. The zero-order valence-electron chi connectivity index (χ0n) is 14.7. The maximum atomic E-state index is 13.2. The number of ether oxygens (including phenoxy) is 1. The van der Waals surface area contributed by atoms with Crippen molar-refractivity contribution in [2.75, 3.05) is 14.2 Å². The van der Waals surface area contributed by atoms with Crippen LogP contribution in [0.1, 0.15) is 50.0 Å². The average Bonchev–Trinajstić information content (AvgIpc) is 3.08. The molecule has 0 N–H and O–H groups in total. The van der Waals surface area contributed by atoms with Gasteiger partial charge in [-0.15, -0.1) is 0 Å². The molecule has 2 aromatic rings. The highest BCUT2D eigenvalue weighted by atomic mass is 19.4. The molecule has 1 unspecified atom stereocenters. The third-order valence-electron chi connectivity index (χ3n) is 4.71. The zero-order valence-corrected chi connectivity index (χ0v) is 14.7. The van der Waals surface area contributed by atoms with Crippen LogP contribution >= 0.6 is 0 Å². The molecule has 0 spiro atoms. The zero-order chi connectivity index (χ0) is 19.8. The number of hydrogen-bond acceptors (Lipinski definition) is 4. The largest absolute Gasteiger partial charge is 0.465 e. The van der Waals surface area contributed by atoms with E-state index < -0.39 is 35.4 Å². The van der Waals surface area contributed by atoms with Gasteiger partial charge in [0.05, 0.1) is 24.3 Å². The first-order valence-corrected chi connectivity index (χ1v) is 8.24. The second kappa shape index (κ2) is 7.02. The third kappa shape index (κ3) is 3.51. The van der Waals surface area contributed by atoms with E-state index in [1.54, 1.807) is 18.2 Å². The van der Waals surface area contributed by atoms with Crippen LogP contribution in [0.2, 0.25) is 0 Å². The molecule has 27 heavy (non-hydrogen) atoms. The number of pyridine rings is 1. The summed E-state index contributed by atoms with van der Waals surface area (Å²) in [4.78, 5) is 29.2.